The van der Waals surface area contributed by atoms with E-state index in [0.29, 0.717) is 5.92 Å². The fourth-order valence-electron chi connectivity index (χ4n) is 1.40. The molecule has 0 spiro atoms. The van der Waals surface area contributed by atoms with E-state index in [9.17, 15) is 4.79 Å². The second kappa shape index (κ2) is 5.21. The van der Waals surface area contributed by atoms with Gasteiger partial charge in [-0.25, -0.2) is 4.79 Å². The molecular formula is C14H21NO2. The second-order valence-corrected chi connectivity index (χ2v) is 5.41. The Bertz CT molecular complexity index is 391. The van der Waals surface area contributed by atoms with Gasteiger partial charge < -0.3 is 4.74 Å². The quantitative estimate of drug-likeness (QED) is 0.836. The third-order valence-electron chi connectivity index (χ3n) is 2.20. The van der Waals surface area contributed by atoms with Crippen LogP contribution in [0.5, 0.6) is 0 Å². The van der Waals surface area contributed by atoms with E-state index in [2.05, 4.69) is 19.2 Å². The molecule has 0 aliphatic rings. The Morgan fingerprint density at radius 3 is 2.47 bits per heavy atom. The Labute approximate surface area is 103 Å². The summed E-state index contributed by atoms with van der Waals surface area (Å²) in [6.07, 6.45) is -0.418. The van der Waals surface area contributed by atoms with Crippen LogP contribution in [0.2, 0.25) is 0 Å². The average molecular weight is 235 g/mol. The Morgan fingerprint density at radius 2 is 1.94 bits per heavy atom. The fraction of sp³-hybridized carbons (Fsp3) is 0.500. The van der Waals surface area contributed by atoms with Crippen LogP contribution in [0, 0.1) is 0 Å². The number of ether oxygens (including phenoxy) is 1. The van der Waals surface area contributed by atoms with Crippen LogP contribution in [0.3, 0.4) is 0 Å². The minimum absolute atomic E-state index is 0.418. The lowest BCUT2D eigenvalue weighted by Gasteiger charge is -2.20. The van der Waals surface area contributed by atoms with Gasteiger partial charge in [-0.2, -0.15) is 0 Å². The Kier molecular flexibility index (Phi) is 4.16. The molecule has 1 N–H and O–H groups in total. The monoisotopic (exact) mass is 235 g/mol. The van der Waals surface area contributed by atoms with Gasteiger partial charge in [-0.05, 0) is 44.4 Å². The van der Waals surface area contributed by atoms with E-state index in [4.69, 9.17) is 4.74 Å². The molecule has 0 aliphatic carbocycles. The van der Waals surface area contributed by atoms with Crippen LogP contribution in [0.25, 0.3) is 0 Å². The van der Waals surface area contributed by atoms with Crippen molar-refractivity contribution in [2.75, 3.05) is 5.32 Å². The van der Waals surface area contributed by atoms with Crippen molar-refractivity contribution in [3.8, 4) is 0 Å². The average Bonchev–Trinajstić information content (AvgIpc) is 2.14. The lowest BCUT2D eigenvalue weighted by Crippen LogP contribution is -2.27. The molecule has 0 fully saturated rings. The summed E-state index contributed by atoms with van der Waals surface area (Å²) in [5.41, 5.74) is 1.49. The van der Waals surface area contributed by atoms with Crippen molar-refractivity contribution in [3.05, 3.63) is 29.8 Å². The first-order valence-corrected chi connectivity index (χ1v) is 5.88. The molecule has 0 bridgehead atoms. The number of nitrogens with one attached hydrogen (secondary N) is 1. The number of hydrogen-bond acceptors (Lipinski definition) is 2. The van der Waals surface area contributed by atoms with Crippen LogP contribution < -0.4 is 5.32 Å². The third-order valence-corrected chi connectivity index (χ3v) is 2.20. The van der Waals surface area contributed by atoms with Gasteiger partial charge >= 0.3 is 6.09 Å². The molecule has 3 heteroatoms. The van der Waals surface area contributed by atoms with Gasteiger partial charge in [0.15, 0.2) is 0 Å². The normalized spacial score (nSPS) is 11.4. The number of hydrogen-bond donors (Lipinski definition) is 1. The maximum absolute atomic E-state index is 11.6. The zero-order chi connectivity index (χ0) is 13.1. The van der Waals surface area contributed by atoms with Gasteiger partial charge in [0.05, 0.1) is 0 Å². The molecule has 1 rings (SSSR count). The Balaban J connectivity index is 2.69. The third kappa shape index (κ3) is 4.89. The maximum atomic E-state index is 11.6. The molecule has 94 valence electrons. The van der Waals surface area contributed by atoms with Crippen LogP contribution in [-0.2, 0) is 4.74 Å². The molecule has 3 nitrogen and oxygen atoms in total. The molecule has 0 aromatic heterocycles. The van der Waals surface area contributed by atoms with E-state index < -0.39 is 11.7 Å². The first-order valence-electron chi connectivity index (χ1n) is 5.88. The number of rotatable bonds is 2. The topological polar surface area (TPSA) is 38.3 Å². The summed E-state index contributed by atoms with van der Waals surface area (Å²) in [6.45, 7) is 9.77. The van der Waals surface area contributed by atoms with Crippen molar-refractivity contribution in [1.29, 1.82) is 0 Å². The summed E-state index contributed by atoms with van der Waals surface area (Å²) < 4.78 is 5.19. The summed E-state index contributed by atoms with van der Waals surface area (Å²) in [7, 11) is 0. The van der Waals surface area contributed by atoms with Gasteiger partial charge in [0.1, 0.15) is 5.60 Å². The van der Waals surface area contributed by atoms with E-state index in [0.717, 1.165) is 5.69 Å². The maximum Gasteiger partial charge on any atom is 0.412 e. The number of anilines is 1. The molecular weight excluding hydrogens is 214 g/mol. The highest BCUT2D eigenvalue weighted by molar-refractivity contribution is 5.84. The molecule has 0 heterocycles. The van der Waals surface area contributed by atoms with E-state index in [1.54, 1.807) is 0 Å². The summed E-state index contributed by atoms with van der Waals surface area (Å²) in [4.78, 5) is 11.6. The van der Waals surface area contributed by atoms with E-state index in [1.807, 2.05) is 45.0 Å². The first kappa shape index (κ1) is 13.6. The molecule has 0 atom stereocenters. The number of carbonyl (C=O) groups is 1. The molecule has 0 saturated carbocycles. The van der Waals surface area contributed by atoms with E-state index in [-0.39, 0.29) is 0 Å². The second-order valence-electron chi connectivity index (χ2n) is 5.41. The minimum atomic E-state index is -0.472. The van der Waals surface area contributed by atoms with Crippen LogP contribution in [0.1, 0.15) is 46.1 Å². The predicted molar refractivity (Wildman–Crippen MR) is 70.4 cm³/mol. The first-order chi connectivity index (χ1) is 7.78. The fourth-order valence-corrected chi connectivity index (χ4v) is 1.40. The smallest absolute Gasteiger partial charge is 0.412 e. The molecule has 0 aliphatic heterocycles. The summed E-state index contributed by atoms with van der Waals surface area (Å²) >= 11 is 0. The van der Waals surface area contributed by atoms with Gasteiger partial charge in [-0.1, -0.05) is 26.0 Å². The summed E-state index contributed by atoms with van der Waals surface area (Å²) in [5, 5.41) is 2.73. The van der Waals surface area contributed by atoms with Gasteiger partial charge in [-0.15, -0.1) is 0 Å². The van der Waals surface area contributed by atoms with Crippen LogP contribution in [-0.4, -0.2) is 11.7 Å². The highest BCUT2D eigenvalue weighted by Crippen LogP contribution is 2.19. The highest BCUT2D eigenvalue weighted by atomic mass is 16.6. The molecule has 0 radical (unpaired) electrons. The van der Waals surface area contributed by atoms with Gasteiger partial charge in [0.25, 0.3) is 0 Å². The van der Waals surface area contributed by atoms with Crippen molar-refractivity contribution >= 4 is 11.8 Å². The van der Waals surface area contributed by atoms with Crippen LogP contribution in [0.15, 0.2) is 24.3 Å². The molecule has 1 amide bonds. The minimum Gasteiger partial charge on any atom is -0.444 e. The molecule has 17 heavy (non-hydrogen) atoms. The van der Waals surface area contributed by atoms with Gasteiger partial charge in [-0.3, -0.25) is 5.32 Å². The predicted octanol–water partition coefficient (Wildman–Crippen LogP) is 4.16. The van der Waals surface area contributed by atoms with Crippen molar-refractivity contribution < 1.29 is 9.53 Å². The lowest BCUT2D eigenvalue weighted by molar-refractivity contribution is 0.0636. The highest BCUT2D eigenvalue weighted by Gasteiger charge is 2.16. The molecule has 1 aromatic carbocycles. The van der Waals surface area contributed by atoms with Gasteiger partial charge in [0.2, 0.25) is 0 Å². The van der Waals surface area contributed by atoms with Crippen LogP contribution in [0.4, 0.5) is 10.5 Å². The SMILES string of the molecule is CC(C)c1cccc(NC(=O)OC(C)(C)C)c1. The van der Waals surface area contributed by atoms with Gasteiger partial charge in [0, 0.05) is 5.69 Å². The number of benzene rings is 1. The zero-order valence-electron chi connectivity index (χ0n) is 11.2. The largest absolute Gasteiger partial charge is 0.444 e. The summed E-state index contributed by atoms with van der Waals surface area (Å²) in [6, 6.07) is 7.80. The Hall–Kier alpha value is -1.51. The van der Waals surface area contributed by atoms with Crippen molar-refractivity contribution in [2.24, 2.45) is 0 Å². The van der Waals surface area contributed by atoms with E-state index in [1.165, 1.54) is 5.56 Å². The lowest BCUT2D eigenvalue weighted by atomic mass is 10.0. The van der Waals surface area contributed by atoms with E-state index >= 15 is 0 Å². The number of amides is 1. The van der Waals surface area contributed by atoms with Crippen LogP contribution >= 0.6 is 0 Å². The number of carbonyl (C=O) groups excluding carboxylic acids is 1. The van der Waals surface area contributed by atoms with Crippen molar-refractivity contribution in [1.82, 2.24) is 0 Å². The standard InChI is InChI=1S/C14H21NO2/c1-10(2)11-7-6-8-12(9-11)15-13(16)17-14(3,4)5/h6-10H,1-5H3,(H,15,16). The van der Waals surface area contributed by atoms with Crippen molar-refractivity contribution in [2.45, 2.75) is 46.1 Å². The molecule has 1 aromatic rings. The Morgan fingerprint density at radius 1 is 1.29 bits per heavy atom. The molecule has 0 saturated heterocycles. The zero-order valence-corrected chi connectivity index (χ0v) is 11.2. The summed E-state index contributed by atoms with van der Waals surface area (Å²) in [5.74, 6) is 0.440. The molecule has 0 unspecified atom stereocenters. The van der Waals surface area contributed by atoms with Crippen molar-refractivity contribution in [3.63, 3.8) is 0 Å².